The Morgan fingerprint density at radius 1 is 1.13 bits per heavy atom. The summed E-state index contributed by atoms with van der Waals surface area (Å²) < 4.78 is 5.19. The highest BCUT2D eigenvalue weighted by atomic mass is 16.5. The number of nitrogens with zero attached hydrogens (tertiary/aromatic N) is 1. The molecule has 1 atom stereocenters. The number of hydrogen-bond acceptors (Lipinski definition) is 5. The number of amides is 1. The lowest BCUT2D eigenvalue weighted by Crippen LogP contribution is -2.31. The molecular formula is C24H25NO5. The predicted octanol–water partition coefficient (Wildman–Crippen LogP) is 4.44. The second kappa shape index (κ2) is 8.53. The van der Waals surface area contributed by atoms with Crippen LogP contribution in [0.1, 0.15) is 54.7 Å². The number of carbonyl (C=O) groups excluding carboxylic acids is 3. The summed E-state index contributed by atoms with van der Waals surface area (Å²) in [6.07, 6.45) is -0.0743. The van der Waals surface area contributed by atoms with Gasteiger partial charge in [0.1, 0.15) is 0 Å². The lowest BCUT2D eigenvalue weighted by atomic mass is 9.94. The summed E-state index contributed by atoms with van der Waals surface area (Å²) in [6.45, 7) is 7.15. The summed E-state index contributed by atoms with van der Waals surface area (Å²) >= 11 is 0. The van der Waals surface area contributed by atoms with Crippen LogP contribution in [-0.4, -0.2) is 28.9 Å². The Bertz CT molecular complexity index is 1020. The van der Waals surface area contributed by atoms with Gasteiger partial charge in [-0.15, -0.1) is 0 Å². The molecule has 6 nitrogen and oxygen atoms in total. The molecule has 1 aliphatic heterocycles. The molecule has 30 heavy (non-hydrogen) atoms. The highest BCUT2D eigenvalue weighted by Gasteiger charge is 2.43. The molecule has 6 heteroatoms. The van der Waals surface area contributed by atoms with E-state index in [0.717, 1.165) is 11.1 Å². The third-order valence-corrected chi connectivity index (χ3v) is 4.91. The molecule has 3 rings (SSSR count). The van der Waals surface area contributed by atoms with Crippen molar-refractivity contribution >= 4 is 23.3 Å². The van der Waals surface area contributed by atoms with Crippen LogP contribution in [0.2, 0.25) is 0 Å². The Morgan fingerprint density at radius 2 is 1.80 bits per heavy atom. The number of aliphatic hydroxyl groups is 1. The van der Waals surface area contributed by atoms with Crippen LogP contribution in [0.15, 0.2) is 59.9 Å². The van der Waals surface area contributed by atoms with E-state index in [-0.39, 0.29) is 23.9 Å². The van der Waals surface area contributed by atoms with Gasteiger partial charge in [0.2, 0.25) is 0 Å². The molecule has 1 amide bonds. The molecule has 0 saturated carbocycles. The third kappa shape index (κ3) is 3.99. The number of anilines is 1. The molecule has 0 bridgehead atoms. The van der Waals surface area contributed by atoms with Gasteiger partial charge in [-0.05, 0) is 50.6 Å². The highest BCUT2D eigenvalue weighted by molar-refractivity contribution is 6.16. The number of rotatable bonds is 6. The molecular weight excluding hydrogens is 382 g/mol. The number of ketones is 1. The maximum absolute atomic E-state index is 12.9. The molecule has 1 heterocycles. The summed E-state index contributed by atoms with van der Waals surface area (Å²) in [5.41, 5.74) is 2.62. The molecule has 0 saturated heterocycles. The Kier molecular flexibility index (Phi) is 6.06. The lowest BCUT2D eigenvalue weighted by molar-refractivity contribution is -0.118. The average Bonchev–Trinajstić information content (AvgIpc) is 2.98. The van der Waals surface area contributed by atoms with Gasteiger partial charge in [0.25, 0.3) is 5.91 Å². The summed E-state index contributed by atoms with van der Waals surface area (Å²) in [4.78, 5) is 39.1. The van der Waals surface area contributed by atoms with Crippen LogP contribution < -0.4 is 4.90 Å². The maximum Gasteiger partial charge on any atom is 0.338 e. The van der Waals surface area contributed by atoms with Gasteiger partial charge in [-0.1, -0.05) is 36.8 Å². The number of esters is 1. The van der Waals surface area contributed by atoms with Crippen LogP contribution in [0.5, 0.6) is 0 Å². The molecule has 1 N–H and O–H groups in total. The van der Waals surface area contributed by atoms with E-state index >= 15 is 0 Å². The number of hydrogen-bond donors (Lipinski definition) is 1. The van der Waals surface area contributed by atoms with Crippen molar-refractivity contribution in [2.45, 2.75) is 46.3 Å². The molecule has 1 unspecified atom stereocenters. The number of ether oxygens (including phenoxy) is 1. The van der Waals surface area contributed by atoms with Crippen LogP contribution in [0.3, 0.4) is 0 Å². The highest BCUT2D eigenvalue weighted by Crippen LogP contribution is 2.41. The first kappa shape index (κ1) is 21.3. The number of carbonyl (C=O) groups is 3. The molecule has 0 aromatic heterocycles. The Morgan fingerprint density at radius 3 is 2.37 bits per heavy atom. The zero-order valence-corrected chi connectivity index (χ0v) is 17.5. The van der Waals surface area contributed by atoms with Gasteiger partial charge < -0.3 is 9.84 Å². The van der Waals surface area contributed by atoms with Crippen molar-refractivity contribution in [1.82, 2.24) is 0 Å². The molecule has 0 aliphatic carbocycles. The molecule has 0 spiro atoms. The molecule has 156 valence electrons. The largest absolute Gasteiger partial charge is 0.503 e. The minimum Gasteiger partial charge on any atom is -0.503 e. The number of Topliss-reactive ketones (excluding diaryl/α,β-unsaturated/α-hetero) is 1. The standard InChI is InChI=1S/C24H25NO5/c1-5-19(26)20-21(17-8-6-7-15(4)13-17)25(23(28)22(20)27)18-11-9-16(10-12-18)24(29)30-14(2)3/h6-14,21,27H,5H2,1-4H3. The monoisotopic (exact) mass is 407 g/mol. The predicted molar refractivity (Wildman–Crippen MR) is 113 cm³/mol. The van der Waals surface area contributed by atoms with E-state index in [4.69, 9.17) is 4.74 Å². The van der Waals surface area contributed by atoms with Gasteiger partial charge in [0.05, 0.1) is 23.3 Å². The van der Waals surface area contributed by atoms with Gasteiger partial charge in [-0.3, -0.25) is 14.5 Å². The maximum atomic E-state index is 12.9. The number of aliphatic hydroxyl groups excluding tert-OH is 1. The minimum atomic E-state index is -0.738. The fourth-order valence-corrected chi connectivity index (χ4v) is 3.54. The third-order valence-electron chi connectivity index (χ3n) is 4.91. The van der Waals surface area contributed by atoms with E-state index < -0.39 is 23.7 Å². The van der Waals surface area contributed by atoms with Crippen molar-refractivity contribution in [2.75, 3.05) is 4.90 Å². The van der Waals surface area contributed by atoms with Gasteiger partial charge in [0, 0.05) is 12.1 Å². The first-order valence-electron chi connectivity index (χ1n) is 9.92. The van der Waals surface area contributed by atoms with E-state index in [0.29, 0.717) is 11.3 Å². The zero-order chi connectivity index (χ0) is 22.0. The topological polar surface area (TPSA) is 83.9 Å². The fourth-order valence-electron chi connectivity index (χ4n) is 3.54. The second-order valence-corrected chi connectivity index (χ2v) is 7.53. The summed E-state index contributed by atoms with van der Waals surface area (Å²) in [5, 5.41) is 10.5. The van der Waals surface area contributed by atoms with E-state index in [2.05, 4.69) is 0 Å². The Labute approximate surface area is 175 Å². The fraction of sp³-hybridized carbons (Fsp3) is 0.292. The smallest absolute Gasteiger partial charge is 0.338 e. The van der Waals surface area contributed by atoms with Crippen molar-refractivity contribution in [3.63, 3.8) is 0 Å². The number of aryl methyl sites for hydroxylation is 1. The Hall–Kier alpha value is -3.41. The average molecular weight is 407 g/mol. The summed E-state index contributed by atoms with van der Waals surface area (Å²) in [6, 6.07) is 13.1. The SMILES string of the molecule is CCC(=O)C1=C(O)C(=O)N(c2ccc(C(=O)OC(C)C)cc2)C1c1cccc(C)c1. The van der Waals surface area contributed by atoms with E-state index in [9.17, 15) is 19.5 Å². The quantitative estimate of drug-likeness (QED) is 0.716. The summed E-state index contributed by atoms with van der Waals surface area (Å²) in [7, 11) is 0. The second-order valence-electron chi connectivity index (χ2n) is 7.53. The van der Waals surface area contributed by atoms with E-state index in [1.807, 2.05) is 31.2 Å². The first-order valence-corrected chi connectivity index (χ1v) is 9.92. The van der Waals surface area contributed by atoms with Crippen LogP contribution >= 0.6 is 0 Å². The van der Waals surface area contributed by atoms with Gasteiger partial charge in [0.15, 0.2) is 11.5 Å². The van der Waals surface area contributed by atoms with Crippen molar-refractivity contribution in [3.8, 4) is 0 Å². The number of benzene rings is 2. The lowest BCUT2D eigenvalue weighted by Gasteiger charge is -2.27. The van der Waals surface area contributed by atoms with Gasteiger partial charge >= 0.3 is 5.97 Å². The first-order chi connectivity index (χ1) is 14.2. The van der Waals surface area contributed by atoms with Gasteiger partial charge in [-0.2, -0.15) is 0 Å². The summed E-state index contributed by atoms with van der Waals surface area (Å²) in [5.74, 6) is -1.91. The van der Waals surface area contributed by atoms with Crippen molar-refractivity contribution in [1.29, 1.82) is 0 Å². The molecule has 0 fully saturated rings. The van der Waals surface area contributed by atoms with Crippen LogP contribution in [-0.2, 0) is 14.3 Å². The van der Waals surface area contributed by atoms with E-state index in [1.54, 1.807) is 45.0 Å². The van der Waals surface area contributed by atoms with Crippen molar-refractivity contribution in [2.24, 2.45) is 0 Å². The molecule has 2 aromatic rings. The zero-order valence-electron chi connectivity index (χ0n) is 17.5. The normalized spacial score (nSPS) is 16.4. The molecule has 0 radical (unpaired) electrons. The van der Waals surface area contributed by atoms with Gasteiger partial charge in [-0.25, -0.2) is 4.79 Å². The van der Waals surface area contributed by atoms with Crippen LogP contribution in [0, 0.1) is 6.92 Å². The molecule has 1 aliphatic rings. The molecule has 2 aromatic carbocycles. The van der Waals surface area contributed by atoms with Crippen LogP contribution in [0.4, 0.5) is 5.69 Å². The van der Waals surface area contributed by atoms with Crippen molar-refractivity contribution in [3.05, 3.63) is 76.6 Å². The minimum absolute atomic E-state index is 0.0939. The van der Waals surface area contributed by atoms with Crippen LogP contribution in [0.25, 0.3) is 0 Å². The Balaban J connectivity index is 2.05. The van der Waals surface area contributed by atoms with E-state index in [1.165, 1.54) is 4.90 Å². The van der Waals surface area contributed by atoms with Crippen molar-refractivity contribution < 1.29 is 24.2 Å².